The summed E-state index contributed by atoms with van der Waals surface area (Å²) in [5.41, 5.74) is 1.52. The Morgan fingerprint density at radius 2 is 2.42 bits per heavy atom. The van der Waals surface area contributed by atoms with E-state index in [1.807, 2.05) is 7.05 Å². The minimum atomic E-state index is 0.665. The third-order valence-corrected chi connectivity index (χ3v) is 2.48. The second kappa shape index (κ2) is 4.63. The highest BCUT2D eigenvalue weighted by Gasteiger charge is 2.15. The zero-order valence-corrected chi connectivity index (χ0v) is 8.43. The highest BCUT2D eigenvalue weighted by Crippen LogP contribution is 2.11. The van der Waals surface area contributed by atoms with E-state index < -0.39 is 0 Å². The highest BCUT2D eigenvalue weighted by atomic mass is 15.2. The molecule has 1 atom stereocenters. The molecule has 0 bridgehead atoms. The molecular weight excluding hydrogens is 148 g/mol. The SMILES string of the molecule is CNCC(C)N1CCC=C(C)C1. The Morgan fingerprint density at radius 1 is 1.67 bits per heavy atom. The smallest absolute Gasteiger partial charge is 0.0195 e. The van der Waals surface area contributed by atoms with Gasteiger partial charge in [0.25, 0.3) is 0 Å². The van der Waals surface area contributed by atoms with Crippen LogP contribution in [0.25, 0.3) is 0 Å². The van der Waals surface area contributed by atoms with E-state index in [1.54, 1.807) is 0 Å². The third kappa shape index (κ3) is 2.61. The highest BCUT2D eigenvalue weighted by molar-refractivity contribution is 5.05. The molecule has 0 aromatic rings. The van der Waals surface area contributed by atoms with Gasteiger partial charge in [-0.1, -0.05) is 11.6 Å². The van der Waals surface area contributed by atoms with Gasteiger partial charge in [-0.15, -0.1) is 0 Å². The second-order valence-electron chi connectivity index (χ2n) is 3.72. The molecule has 1 aliphatic rings. The maximum atomic E-state index is 3.22. The Labute approximate surface area is 75.6 Å². The lowest BCUT2D eigenvalue weighted by Crippen LogP contribution is -2.42. The molecule has 70 valence electrons. The standard InChI is InChI=1S/C10H20N2/c1-9-5-4-6-12(8-9)10(2)7-11-3/h5,10-11H,4,6-8H2,1-3H3. The lowest BCUT2D eigenvalue weighted by Gasteiger charge is -2.31. The molecule has 0 spiro atoms. The fraction of sp³-hybridized carbons (Fsp3) is 0.800. The molecule has 1 N–H and O–H groups in total. The maximum absolute atomic E-state index is 3.22. The van der Waals surface area contributed by atoms with Gasteiger partial charge in [0.1, 0.15) is 0 Å². The lowest BCUT2D eigenvalue weighted by molar-refractivity contribution is 0.219. The van der Waals surface area contributed by atoms with Gasteiger partial charge in [-0.25, -0.2) is 0 Å². The van der Waals surface area contributed by atoms with E-state index in [0.717, 1.165) is 13.1 Å². The van der Waals surface area contributed by atoms with Crippen LogP contribution >= 0.6 is 0 Å². The van der Waals surface area contributed by atoms with E-state index in [9.17, 15) is 0 Å². The van der Waals surface area contributed by atoms with E-state index in [-0.39, 0.29) is 0 Å². The minimum absolute atomic E-state index is 0.665. The van der Waals surface area contributed by atoms with E-state index >= 15 is 0 Å². The number of hydrogen-bond donors (Lipinski definition) is 1. The molecule has 12 heavy (non-hydrogen) atoms. The normalized spacial score (nSPS) is 22.1. The lowest BCUT2D eigenvalue weighted by atomic mass is 10.1. The third-order valence-electron chi connectivity index (χ3n) is 2.48. The summed E-state index contributed by atoms with van der Waals surface area (Å²) in [6.07, 6.45) is 3.57. The van der Waals surface area contributed by atoms with Crippen LogP contribution in [0.4, 0.5) is 0 Å². The van der Waals surface area contributed by atoms with E-state index in [4.69, 9.17) is 0 Å². The maximum Gasteiger partial charge on any atom is 0.0195 e. The van der Waals surface area contributed by atoms with Gasteiger partial charge in [-0.05, 0) is 27.3 Å². The van der Waals surface area contributed by atoms with Gasteiger partial charge in [0.15, 0.2) is 0 Å². The number of rotatable bonds is 3. The van der Waals surface area contributed by atoms with Crippen LogP contribution < -0.4 is 5.32 Å². The van der Waals surface area contributed by atoms with Gasteiger partial charge in [-0.2, -0.15) is 0 Å². The van der Waals surface area contributed by atoms with Crippen LogP contribution in [-0.2, 0) is 0 Å². The minimum Gasteiger partial charge on any atom is -0.318 e. The van der Waals surface area contributed by atoms with Crippen LogP contribution in [0.15, 0.2) is 11.6 Å². The number of nitrogens with zero attached hydrogens (tertiary/aromatic N) is 1. The molecule has 0 aromatic carbocycles. The average Bonchev–Trinajstić information content (AvgIpc) is 2.05. The largest absolute Gasteiger partial charge is 0.318 e. The predicted octanol–water partition coefficient (Wildman–Crippen LogP) is 1.25. The monoisotopic (exact) mass is 168 g/mol. The first-order valence-electron chi connectivity index (χ1n) is 4.78. The van der Waals surface area contributed by atoms with Crippen molar-refractivity contribution in [3.05, 3.63) is 11.6 Å². The number of hydrogen-bond acceptors (Lipinski definition) is 2. The predicted molar refractivity (Wildman–Crippen MR) is 53.3 cm³/mol. The van der Waals surface area contributed by atoms with Crippen LogP contribution in [0.2, 0.25) is 0 Å². The molecule has 0 radical (unpaired) electrons. The molecule has 2 nitrogen and oxygen atoms in total. The Balaban J connectivity index is 2.37. The zero-order valence-electron chi connectivity index (χ0n) is 8.43. The molecule has 1 heterocycles. The van der Waals surface area contributed by atoms with Crippen molar-refractivity contribution >= 4 is 0 Å². The van der Waals surface area contributed by atoms with Crippen LogP contribution in [-0.4, -0.2) is 37.6 Å². The topological polar surface area (TPSA) is 15.3 Å². The quantitative estimate of drug-likeness (QED) is 0.638. The Morgan fingerprint density at radius 3 is 3.00 bits per heavy atom. The molecule has 0 saturated carbocycles. The Kier molecular flexibility index (Phi) is 3.76. The summed E-state index contributed by atoms with van der Waals surface area (Å²) in [5.74, 6) is 0. The van der Waals surface area contributed by atoms with Gasteiger partial charge >= 0.3 is 0 Å². The van der Waals surface area contributed by atoms with Gasteiger partial charge in [0.2, 0.25) is 0 Å². The van der Waals surface area contributed by atoms with Crippen molar-refractivity contribution in [1.82, 2.24) is 10.2 Å². The van der Waals surface area contributed by atoms with Crippen molar-refractivity contribution in [2.45, 2.75) is 26.3 Å². The number of nitrogens with one attached hydrogen (secondary N) is 1. The van der Waals surface area contributed by atoms with E-state index in [2.05, 4.69) is 30.1 Å². The van der Waals surface area contributed by atoms with E-state index in [1.165, 1.54) is 18.5 Å². The zero-order chi connectivity index (χ0) is 8.97. The van der Waals surface area contributed by atoms with Gasteiger partial charge < -0.3 is 5.32 Å². The molecular formula is C10H20N2. The first kappa shape index (κ1) is 9.75. The fourth-order valence-corrected chi connectivity index (χ4v) is 1.74. The summed E-state index contributed by atoms with van der Waals surface area (Å²) in [7, 11) is 2.02. The van der Waals surface area contributed by atoms with Crippen molar-refractivity contribution in [2.24, 2.45) is 0 Å². The van der Waals surface area contributed by atoms with Crippen molar-refractivity contribution in [3.8, 4) is 0 Å². The molecule has 1 unspecified atom stereocenters. The van der Waals surface area contributed by atoms with Crippen molar-refractivity contribution in [1.29, 1.82) is 0 Å². The fourth-order valence-electron chi connectivity index (χ4n) is 1.74. The van der Waals surface area contributed by atoms with Crippen LogP contribution in [0.3, 0.4) is 0 Å². The molecule has 1 aliphatic heterocycles. The van der Waals surface area contributed by atoms with E-state index in [0.29, 0.717) is 6.04 Å². The molecule has 0 saturated heterocycles. The van der Waals surface area contributed by atoms with Crippen LogP contribution in [0, 0.1) is 0 Å². The Bertz CT molecular complexity index is 163. The van der Waals surface area contributed by atoms with Gasteiger partial charge in [0, 0.05) is 25.7 Å². The summed E-state index contributed by atoms with van der Waals surface area (Å²) in [5, 5.41) is 3.22. The van der Waals surface area contributed by atoms with Crippen molar-refractivity contribution in [2.75, 3.05) is 26.7 Å². The molecule has 0 aliphatic carbocycles. The first-order valence-corrected chi connectivity index (χ1v) is 4.78. The molecule has 0 aromatic heterocycles. The van der Waals surface area contributed by atoms with Crippen molar-refractivity contribution in [3.63, 3.8) is 0 Å². The van der Waals surface area contributed by atoms with Gasteiger partial charge in [-0.3, -0.25) is 4.90 Å². The summed E-state index contributed by atoms with van der Waals surface area (Å²) in [6, 6.07) is 0.665. The summed E-state index contributed by atoms with van der Waals surface area (Å²) >= 11 is 0. The van der Waals surface area contributed by atoms with Crippen molar-refractivity contribution < 1.29 is 0 Å². The molecule has 1 rings (SSSR count). The Hall–Kier alpha value is -0.340. The average molecular weight is 168 g/mol. The summed E-state index contributed by atoms with van der Waals surface area (Å²) < 4.78 is 0. The second-order valence-corrected chi connectivity index (χ2v) is 3.72. The first-order chi connectivity index (χ1) is 5.74. The molecule has 2 heteroatoms. The number of likely N-dealkylation sites (N-methyl/N-ethyl adjacent to an activating group) is 1. The summed E-state index contributed by atoms with van der Waals surface area (Å²) in [4.78, 5) is 2.53. The molecule has 0 amide bonds. The summed E-state index contributed by atoms with van der Waals surface area (Å²) in [6.45, 7) is 7.98. The van der Waals surface area contributed by atoms with Crippen LogP contribution in [0.5, 0.6) is 0 Å². The van der Waals surface area contributed by atoms with Crippen LogP contribution in [0.1, 0.15) is 20.3 Å². The molecule has 0 fully saturated rings. The van der Waals surface area contributed by atoms with Gasteiger partial charge in [0.05, 0.1) is 0 Å².